The lowest BCUT2D eigenvalue weighted by molar-refractivity contribution is 0.630. The fraction of sp³-hybridized carbons (Fsp3) is 0.0750. The zero-order chi connectivity index (χ0) is 28.6. The summed E-state index contributed by atoms with van der Waals surface area (Å²) in [5.41, 5.74) is 10.7. The quantitative estimate of drug-likeness (QED) is 0.187. The smallest absolute Gasteiger partial charge is 0.263 e. The largest absolute Gasteiger partial charge is 0.309 e. The highest BCUT2D eigenvalue weighted by molar-refractivity contribution is 6.22. The molecule has 0 atom stereocenters. The maximum atomic E-state index is 13.8. The van der Waals surface area contributed by atoms with Crippen LogP contribution in [0.4, 0.5) is 0 Å². The predicted molar refractivity (Wildman–Crippen MR) is 179 cm³/mol. The lowest BCUT2D eigenvalue weighted by Gasteiger charge is -2.35. The van der Waals surface area contributed by atoms with Crippen molar-refractivity contribution < 1.29 is 0 Å². The highest BCUT2D eigenvalue weighted by Crippen LogP contribution is 2.49. The van der Waals surface area contributed by atoms with Gasteiger partial charge in [0.2, 0.25) is 0 Å². The molecule has 0 saturated carbocycles. The Balaban J connectivity index is 1.39. The summed E-state index contributed by atoms with van der Waals surface area (Å²) in [5, 5.41) is 7.63. The number of nitrogens with zero attached hydrogens (tertiary/aromatic N) is 2. The molecule has 9 aromatic rings. The van der Waals surface area contributed by atoms with Crippen molar-refractivity contribution >= 4 is 59.8 Å². The van der Waals surface area contributed by atoms with Gasteiger partial charge in [0.25, 0.3) is 5.56 Å². The number of rotatable bonds is 1. The van der Waals surface area contributed by atoms with Crippen molar-refractivity contribution in [1.29, 1.82) is 0 Å². The van der Waals surface area contributed by atoms with Gasteiger partial charge in [-0.1, -0.05) is 86.6 Å². The van der Waals surface area contributed by atoms with Gasteiger partial charge in [0.15, 0.2) is 0 Å². The third-order valence-electron chi connectivity index (χ3n) is 10.0. The van der Waals surface area contributed by atoms with Crippen molar-refractivity contribution in [2.24, 2.45) is 0 Å². The predicted octanol–water partition coefficient (Wildman–Crippen LogP) is 9.60. The first-order valence-corrected chi connectivity index (χ1v) is 14.9. The molecule has 0 aliphatic carbocycles. The molecule has 43 heavy (non-hydrogen) atoms. The molecule has 0 fully saturated rings. The van der Waals surface area contributed by atoms with Crippen LogP contribution in [0.2, 0.25) is 0 Å². The average molecular weight is 551 g/mol. The van der Waals surface area contributed by atoms with Crippen LogP contribution in [-0.2, 0) is 5.41 Å². The molecular formula is C40H26N2O. The molecule has 1 aliphatic rings. The van der Waals surface area contributed by atoms with Crippen LogP contribution in [0.3, 0.4) is 0 Å². The van der Waals surface area contributed by atoms with Crippen LogP contribution in [0.1, 0.15) is 25.0 Å². The fourth-order valence-corrected chi connectivity index (χ4v) is 8.04. The molecule has 3 aromatic heterocycles. The van der Waals surface area contributed by atoms with E-state index in [0.29, 0.717) is 0 Å². The highest BCUT2D eigenvalue weighted by atomic mass is 16.1. The minimum Gasteiger partial charge on any atom is -0.309 e. The van der Waals surface area contributed by atoms with Crippen LogP contribution in [-0.4, -0.2) is 8.97 Å². The number of fused-ring (bicyclic) bond motifs is 10. The van der Waals surface area contributed by atoms with E-state index in [-0.39, 0.29) is 11.0 Å². The van der Waals surface area contributed by atoms with Crippen molar-refractivity contribution in [2.45, 2.75) is 19.3 Å². The van der Waals surface area contributed by atoms with Crippen molar-refractivity contribution in [3.8, 4) is 16.8 Å². The molecule has 10 rings (SSSR count). The molecule has 0 amide bonds. The fourth-order valence-electron chi connectivity index (χ4n) is 8.04. The zero-order valence-corrected chi connectivity index (χ0v) is 23.8. The van der Waals surface area contributed by atoms with Crippen molar-refractivity contribution in [1.82, 2.24) is 8.97 Å². The van der Waals surface area contributed by atoms with Crippen molar-refractivity contribution in [3.05, 3.63) is 143 Å². The Morgan fingerprint density at radius 3 is 1.79 bits per heavy atom. The van der Waals surface area contributed by atoms with Crippen molar-refractivity contribution in [2.75, 3.05) is 0 Å². The van der Waals surface area contributed by atoms with Gasteiger partial charge >= 0.3 is 0 Å². The summed E-state index contributed by atoms with van der Waals surface area (Å²) in [4.78, 5) is 13.8. The summed E-state index contributed by atoms with van der Waals surface area (Å²) < 4.78 is 4.39. The van der Waals surface area contributed by atoms with Gasteiger partial charge in [-0.3, -0.25) is 9.20 Å². The lowest BCUT2D eigenvalue weighted by atomic mass is 9.74. The summed E-state index contributed by atoms with van der Waals surface area (Å²) in [6.07, 6.45) is 0. The van der Waals surface area contributed by atoms with E-state index < -0.39 is 0 Å². The van der Waals surface area contributed by atoms with E-state index in [1.165, 1.54) is 49.7 Å². The molecule has 0 saturated heterocycles. The Morgan fingerprint density at radius 2 is 1.02 bits per heavy atom. The SMILES string of the molecule is CC1(C)c2ccccc2-n2c3ccccc3c3cc(-c4cc5c6ccccc6c(=O)n6c7ccccc7c(c4)c56)cc1c32. The zero-order valence-electron chi connectivity index (χ0n) is 23.8. The Kier molecular flexibility index (Phi) is 4.15. The number of para-hydroxylation sites is 3. The highest BCUT2D eigenvalue weighted by Gasteiger charge is 2.35. The topological polar surface area (TPSA) is 26.4 Å². The van der Waals surface area contributed by atoms with Crippen LogP contribution in [0.15, 0.2) is 126 Å². The monoisotopic (exact) mass is 550 g/mol. The molecule has 3 heteroatoms. The van der Waals surface area contributed by atoms with Crippen LogP contribution < -0.4 is 5.56 Å². The van der Waals surface area contributed by atoms with Gasteiger partial charge in [-0.2, -0.15) is 0 Å². The molecule has 0 spiro atoms. The third kappa shape index (κ3) is 2.73. The molecule has 0 bridgehead atoms. The second-order valence-corrected chi connectivity index (χ2v) is 12.5. The maximum Gasteiger partial charge on any atom is 0.263 e. The number of hydrogen-bond acceptors (Lipinski definition) is 1. The molecule has 0 unspecified atom stereocenters. The Morgan fingerprint density at radius 1 is 0.488 bits per heavy atom. The number of hydrogen-bond donors (Lipinski definition) is 0. The summed E-state index contributed by atoms with van der Waals surface area (Å²) in [6, 6.07) is 43.4. The van der Waals surface area contributed by atoms with E-state index >= 15 is 0 Å². The normalized spacial score (nSPS) is 14.1. The summed E-state index contributed by atoms with van der Waals surface area (Å²) in [5.74, 6) is 0. The van der Waals surface area contributed by atoms with E-state index in [9.17, 15) is 4.79 Å². The number of benzene rings is 6. The van der Waals surface area contributed by atoms with E-state index in [2.05, 4.69) is 115 Å². The number of pyridine rings is 1. The van der Waals surface area contributed by atoms with Crippen LogP contribution in [0.25, 0.3) is 76.6 Å². The lowest BCUT2D eigenvalue weighted by Crippen LogP contribution is -2.26. The molecule has 3 nitrogen and oxygen atoms in total. The Labute approximate surface area is 247 Å². The second-order valence-electron chi connectivity index (χ2n) is 12.5. The average Bonchev–Trinajstić information content (AvgIpc) is 3.56. The second kappa shape index (κ2) is 7.70. The molecule has 4 heterocycles. The molecule has 202 valence electrons. The van der Waals surface area contributed by atoms with Gasteiger partial charge in [-0.25, -0.2) is 0 Å². The summed E-state index contributed by atoms with van der Waals surface area (Å²) in [7, 11) is 0. The van der Waals surface area contributed by atoms with Crippen LogP contribution in [0, 0.1) is 0 Å². The minimum absolute atomic E-state index is 0.0427. The first-order chi connectivity index (χ1) is 21.0. The maximum absolute atomic E-state index is 13.8. The molecule has 1 aliphatic heterocycles. The first-order valence-electron chi connectivity index (χ1n) is 14.9. The minimum atomic E-state index is -0.178. The van der Waals surface area contributed by atoms with Gasteiger partial charge in [0.1, 0.15) is 0 Å². The standard InChI is InChI=1S/C40H26N2O/c1-40(2)32-15-7-10-18-36(32)41-34-16-8-5-13-27(34)31-21-24(22-33(40)38(31)41)23-19-29-25-11-3-4-14-28(25)39(43)42-35-17-9-6-12-26(35)30(20-23)37(29)42/h3-22H,1-2H3. The first kappa shape index (κ1) is 23.2. The number of aromatic nitrogens is 2. The van der Waals surface area contributed by atoms with Crippen LogP contribution in [0.5, 0.6) is 0 Å². The van der Waals surface area contributed by atoms with E-state index in [1.807, 2.05) is 28.7 Å². The Hall–Kier alpha value is -5.41. The van der Waals surface area contributed by atoms with Crippen LogP contribution >= 0.6 is 0 Å². The Bertz CT molecular complexity index is 2720. The third-order valence-corrected chi connectivity index (χ3v) is 10.0. The van der Waals surface area contributed by atoms with Gasteiger partial charge in [-0.15, -0.1) is 0 Å². The van der Waals surface area contributed by atoms with Gasteiger partial charge in [-0.05, 0) is 76.2 Å². The van der Waals surface area contributed by atoms with E-state index in [1.54, 1.807) is 0 Å². The van der Waals surface area contributed by atoms with Gasteiger partial charge in [0.05, 0.1) is 27.8 Å². The van der Waals surface area contributed by atoms with Gasteiger partial charge < -0.3 is 4.57 Å². The molecule has 6 aromatic carbocycles. The van der Waals surface area contributed by atoms with E-state index in [0.717, 1.165) is 38.0 Å². The molecule has 0 radical (unpaired) electrons. The van der Waals surface area contributed by atoms with Crippen molar-refractivity contribution in [3.63, 3.8) is 0 Å². The van der Waals surface area contributed by atoms with Gasteiger partial charge in [0, 0.05) is 37.7 Å². The molecular weight excluding hydrogens is 524 g/mol. The summed E-state index contributed by atoms with van der Waals surface area (Å²) >= 11 is 0. The summed E-state index contributed by atoms with van der Waals surface area (Å²) in [6.45, 7) is 4.71. The molecule has 0 N–H and O–H groups in total. The van der Waals surface area contributed by atoms with E-state index in [4.69, 9.17) is 0 Å².